The number of aromatic nitrogens is 2. The molecule has 0 aliphatic carbocycles. The Balaban J connectivity index is 1.55. The molecule has 5 nitrogen and oxygen atoms in total. The van der Waals surface area contributed by atoms with E-state index in [2.05, 4.69) is 52.1 Å². The smallest absolute Gasteiger partial charge is 0.308 e. The molecule has 2 N–H and O–H groups in total. The third kappa shape index (κ3) is 3.99. The van der Waals surface area contributed by atoms with E-state index in [1.807, 2.05) is 55.8 Å². The monoisotopic (exact) mass is 384 g/mol. The lowest BCUT2D eigenvalue weighted by Crippen LogP contribution is -2.20. The zero-order valence-electron chi connectivity index (χ0n) is 16.9. The third-order valence-electron chi connectivity index (χ3n) is 5.10. The Labute approximate surface area is 170 Å². The number of fused-ring (bicyclic) bond motifs is 1. The van der Waals surface area contributed by atoms with Crippen molar-refractivity contribution < 1.29 is 4.79 Å². The van der Waals surface area contributed by atoms with Crippen LogP contribution in [0.4, 0.5) is 16.2 Å². The van der Waals surface area contributed by atoms with Crippen LogP contribution in [0, 0.1) is 20.8 Å². The van der Waals surface area contributed by atoms with Gasteiger partial charge >= 0.3 is 6.03 Å². The minimum absolute atomic E-state index is 0.272. The minimum Gasteiger partial charge on any atom is -0.308 e. The first-order valence-electron chi connectivity index (χ1n) is 9.66. The van der Waals surface area contributed by atoms with Crippen LogP contribution in [0.5, 0.6) is 0 Å². The summed E-state index contributed by atoms with van der Waals surface area (Å²) in [7, 11) is 0. The van der Waals surface area contributed by atoms with Crippen molar-refractivity contribution in [1.29, 1.82) is 0 Å². The fourth-order valence-corrected chi connectivity index (χ4v) is 3.62. The van der Waals surface area contributed by atoms with Crippen molar-refractivity contribution in [1.82, 2.24) is 9.78 Å². The van der Waals surface area contributed by atoms with E-state index in [1.165, 1.54) is 16.3 Å². The molecular formula is C24H24N4O. The van der Waals surface area contributed by atoms with E-state index < -0.39 is 0 Å². The average Bonchev–Trinajstić information content (AvgIpc) is 2.96. The lowest BCUT2D eigenvalue weighted by Gasteiger charge is -2.10. The molecule has 0 fully saturated rings. The van der Waals surface area contributed by atoms with Gasteiger partial charge in [-0.05, 0) is 54.8 Å². The quantitative estimate of drug-likeness (QED) is 0.477. The number of anilines is 2. The molecule has 2 amide bonds. The van der Waals surface area contributed by atoms with Gasteiger partial charge in [0, 0.05) is 5.69 Å². The molecule has 4 rings (SSSR count). The summed E-state index contributed by atoms with van der Waals surface area (Å²) in [6, 6.07) is 22.1. The molecule has 0 aliphatic rings. The molecular weight excluding hydrogens is 360 g/mol. The molecule has 29 heavy (non-hydrogen) atoms. The zero-order chi connectivity index (χ0) is 20.4. The summed E-state index contributed by atoms with van der Waals surface area (Å²) in [6.45, 7) is 6.53. The van der Waals surface area contributed by atoms with Crippen molar-refractivity contribution >= 4 is 28.2 Å². The van der Waals surface area contributed by atoms with Gasteiger partial charge in [0.25, 0.3) is 0 Å². The minimum atomic E-state index is -0.272. The van der Waals surface area contributed by atoms with Gasteiger partial charge in [-0.1, -0.05) is 54.6 Å². The molecule has 3 aromatic carbocycles. The number of rotatable bonds is 4. The van der Waals surface area contributed by atoms with Crippen LogP contribution in [0.1, 0.15) is 22.5 Å². The summed E-state index contributed by atoms with van der Waals surface area (Å²) in [6.07, 6.45) is 0. The first kappa shape index (κ1) is 18.7. The molecule has 1 heterocycles. The van der Waals surface area contributed by atoms with Crippen LogP contribution in [-0.4, -0.2) is 15.8 Å². The molecule has 0 aliphatic heterocycles. The van der Waals surface area contributed by atoms with Crippen LogP contribution in [-0.2, 0) is 6.54 Å². The molecule has 146 valence electrons. The predicted octanol–water partition coefficient (Wildman–Crippen LogP) is 5.65. The summed E-state index contributed by atoms with van der Waals surface area (Å²) in [4.78, 5) is 12.5. The van der Waals surface area contributed by atoms with Crippen LogP contribution in [0.15, 0.2) is 66.7 Å². The molecule has 5 heteroatoms. The van der Waals surface area contributed by atoms with Gasteiger partial charge in [-0.3, -0.25) is 4.68 Å². The second-order valence-corrected chi connectivity index (χ2v) is 7.29. The van der Waals surface area contributed by atoms with Gasteiger partial charge in [0.15, 0.2) is 0 Å². The Morgan fingerprint density at radius 2 is 1.69 bits per heavy atom. The summed E-state index contributed by atoms with van der Waals surface area (Å²) >= 11 is 0. The van der Waals surface area contributed by atoms with Crippen molar-refractivity contribution in [2.75, 3.05) is 10.6 Å². The van der Waals surface area contributed by atoms with Crippen molar-refractivity contribution in [3.8, 4) is 0 Å². The topological polar surface area (TPSA) is 59.0 Å². The maximum atomic E-state index is 12.5. The van der Waals surface area contributed by atoms with Gasteiger partial charge in [0.1, 0.15) is 0 Å². The van der Waals surface area contributed by atoms with E-state index in [4.69, 9.17) is 0 Å². The van der Waals surface area contributed by atoms with Gasteiger partial charge in [-0.2, -0.15) is 5.10 Å². The number of nitrogens with one attached hydrogen (secondary N) is 2. The third-order valence-corrected chi connectivity index (χ3v) is 5.10. The molecule has 0 unspecified atom stereocenters. The van der Waals surface area contributed by atoms with E-state index in [0.29, 0.717) is 6.54 Å². The van der Waals surface area contributed by atoms with E-state index in [9.17, 15) is 4.79 Å². The highest BCUT2D eigenvalue weighted by Gasteiger charge is 2.15. The van der Waals surface area contributed by atoms with Gasteiger partial charge in [0.2, 0.25) is 0 Å². The SMILES string of the molecule is Cc1cccc(NC(=O)Nc2c(C)nn(Cc3cccc4ccccc34)c2C)c1. The summed E-state index contributed by atoms with van der Waals surface area (Å²) in [5.74, 6) is 0. The number of urea groups is 1. The highest BCUT2D eigenvalue weighted by Crippen LogP contribution is 2.24. The predicted molar refractivity (Wildman–Crippen MR) is 119 cm³/mol. The normalized spacial score (nSPS) is 10.9. The van der Waals surface area contributed by atoms with Crippen LogP contribution in [0.3, 0.4) is 0 Å². The molecule has 0 bridgehead atoms. The maximum absolute atomic E-state index is 12.5. The largest absolute Gasteiger partial charge is 0.323 e. The lowest BCUT2D eigenvalue weighted by atomic mass is 10.0. The molecule has 1 aromatic heterocycles. The van der Waals surface area contributed by atoms with Crippen LogP contribution >= 0.6 is 0 Å². The number of aryl methyl sites for hydroxylation is 2. The number of carbonyl (C=O) groups is 1. The molecule has 0 spiro atoms. The average molecular weight is 384 g/mol. The Kier molecular flexibility index (Phi) is 5.04. The second-order valence-electron chi connectivity index (χ2n) is 7.29. The molecule has 0 saturated heterocycles. The Morgan fingerprint density at radius 3 is 2.52 bits per heavy atom. The first-order valence-corrected chi connectivity index (χ1v) is 9.66. The van der Waals surface area contributed by atoms with Gasteiger partial charge in [-0.25, -0.2) is 4.79 Å². The van der Waals surface area contributed by atoms with Crippen LogP contribution in [0.2, 0.25) is 0 Å². The number of carbonyl (C=O) groups excluding carboxylic acids is 1. The zero-order valence-corrected chi connectivity index (χ0v) is 16.9. The van der Waals surface area contributed by atoms with E-state index >= 15 is 0 Å². The standard InChI is InChI=1S/C24H24N4O/c1-16-8-6-12-21(14-16)25-24(29)26-23-17(2)27-28(18(23)3)15-20-11-7-10-19-9-4-5-13-22(19)20/h4-14H,15H2,1-3H3,(H2,25,26,29). The number of benzene rings is 3. The number of nitrogens with zero attached hydrogens (tertiary/aromatic N) is 2. The van der Waals surface area contributed by atoms with Crippen LogP contribution in [0.25, 0.3) is 10.8 Å². The van der Waals surface area contributed by atoms with Crippen molar-refractivity contribution in [2.24, 2.45) is 0 Å². The molecule has 0 radical (unpaired) electrons. The fourth-order valence-electron chi connectivity index (χ4n) is 3.62. The summed E-state index contributed by atoms with van der Waals surface area (Å²) in [5, 5.41) is 12.9. The molecule has 0 atom stereocenters. The molecule has 4 aromatic rings. The van der Waals surface area contributed by atoms with Gasteiger partial charge in [0.05, 0.1) is 23.6 Å². The van der Waals surface area contributed by atoms with Gasteiger partial charge in [-0.15, -0.1) is 0 Å². The van der Waals surface area contributed by atoms with Crippen LogP contribution < -0.4 is 10.6 Å². The second kappa shape index (κ2) is 7.80. The number of amides is 2. The Bertz CT molecular complexity index is 1190. The highest BCUT2D eigenvalue weighted by molar-refractivity contribution is 6.00. The number of hydrogen-bond acceptors (Lipinski definition) is 2. The van der Waals surface area contributed by atoms with E-state index in [0.717, 1.165) is 28.3 Å². The van der Waals surface area contributed by atoms with Crippen molar-refractivity contribution in [2.45, 2.75) is 27.3 Å². The van der Waals surface area contributed by atoms with E-state index in [-0.39, 0.29) is 6.03 Å². The molecule has 0 saturated carbocycles. The van der Waals surface area contributed by atoms with Crippen molar-refractivity contribution in [3.05, 3.63) is 89.2 Å². The van der Waals surface area contributed by atoms with Gasteiger partial charge < -0.3 is 10.6 Å². The van der Waals surface area contributed by atoms with Crippen molar-refractivity contribution in [3.63, 3.8) is 0 Å². The summed E-state index contributed by atoms with van der Waals surface area (Å²) in [5.41, 5.74) is 5.52. The summed E-state index contributed by atoms with van der Waals surface area (Å²) < 4.78 is 1.94. The Hall–Kier alpha value is -3.60. The highest BCUT2D eigenvalue weighted by atomic mass is 16.2. The Morgan fingerprint density at radius 1 is 0.931 bits per heavy atom. The van der Waals surface area contributed by atoms with E-state index in [1.54, 1.807) is 0 Å². The maximum Gasteiger partial charge on any atom is 0.323 e. The lowest BCUT2D eigenvalue weighted by molar-refractivity contribution is 0.262. The number of hydrogen-bond donors (Lipinski definition) is 2. The first-order chi connectivity index (χ1) is 14.0. The fraction of sp³-hybridized carbons (Fsp3) is 0.167.